The Balaban J connectivity index is 1.39. The Kier molecular flexibility index (Phi) is 6.41. The number of carbonyl (C=O) groups is 1. The van der Waals surface area contributed by atoms with Crippen molar-refractivity contribution < 1.29 is 23.7 Å². The van der Waals surface area contributed by atoms with Crippen LogP contribution in [0.4, 0.5) is 0 Å². The number of nitrogens with one attached hydrogen (secondary N) is 1. The fourth-order valence-corrected chi connectivity index (χ4v) is 2.97. The second-order valence-corrected chi connectivity index (χ2v) is 6.33. The minimum atomic E-state index is -0.100. The smallest absolute Gasteiger partial charge is 0.220 e. The van der Waals surface area contributed by atoms with Crippen molar-refractivity contribution in [2.45, 2.75) is 25.4 Å². The number of rotatable bonds is 8. The summed E-state index contributed by atoms with van der Waals surface area (Å²) in [7, 11) is 3.22. The van der Waals surface area contributed by atoms with Crippen LogP contribution in [0.1, 0.15) is 18.4 Å². The standard InChI is InChI=1S/C21H25NO5/c1-24-17-9-7-15(13-20(17)25-2)11-12-22-21(23)10-8-16-14-26-18-5-3-4-6-19(18)27-16/h3-7,9,13,16H,8,10-12,14H2,1-2H3,(H,22,23)/t16-/m1/s1. The average molecular weight is 371 g/mol. The molecule has 1 atom stereocenters. The van der Waals surface area contributed by atoms with E-state index in [0.29, 0.717) is 37.5 Å². The number of amides is 1. The lowest BCUT2D eigenvalue weighted by molar-refractivity contribution is -0.121. The third-order valence-electron chi connectivity index (χ3n) is 4.44. The molecule has 27 heavy (non-hydrogen) atoms. The van der Waals surface area contributed by atoms with Gasteiger partial charge in [-0.25, -0.2) is 0 Å². The van der Waals surface area contributed by atoms with Crippen molar-refractivity contribution in [3.8, 4) is 23.0 Å². The maximum Gasteiger partial charge on any atom is 0.220 e. The van der Waals surface area contributed by atoms with Crippen LogP contribution in [0.25, 0.3) is 0 Å². The van der Waals surface area contributed by atoms with E-state index in [1.807, 2.05) is 42.5 Å². The number of methoxy groups -OCH3 is 2. The highest BCUT2D eigenvalue weighted by atomic mass is 16.6. The van der Waals surface area contributed by atoms with E-state index in [1.54, 1.807) is 14.2 Å². The molecule has 0 fully saturated rings. The zero-order valence-electron chi connectivity index (χ0n) is 15.7. The Labute approximate surface area is 159 Å². The van der Waals surface area contributed by atoms with Gasteiger partial charge in [-0.15, -0.1) is 0 Å². The van der Waals surface area contributed by atoms with E-state index in [2.05, 4.69) is 5.32 Å². The molecule has 6 heteroatoms. The molecule has 3 rings (SSSR count). The fraction of sp³-hybridized carbons (Fsp3) is 0.381. The minimum absolute atomic E-state index is 0.0120. The first-order valence-corrected chi connectivity index (χ1v) is 9.05. The second kappa shape index (κ2) is 9.16. The topological polar surface area (TPSA) is 66.0 Å². The van der Waals surface area contributed by atoms with E-state index in [0.717, 1.165) is 23.5 Å². The molecule has 0 saturated heterocycles. The van der Waals surface area contributed by atoms with Gasteiger partial charge in [-0.3, -0.25) is 4.79 Å². The van der Waals surface area contributed by atoms with Gasteiger partial charge in [0.2, 0.25) is 5.91 Å². The minimum Gasteiger partial charge on any atom is -0.493 e. The van der Waals surface area contributed by atoms with Gasteiger partial charge in [0.05, 0.1) is 14.2 Å². The van der Waals surface area contributed by atoms with Crippen LogP contribution in [0.5, 0.6) is 23.0 Å². The maximum atomic E-state index is 12.1. The number of ether oxygens (including phenoxy) is 4. The molecule has 0 bridgehead atoms. The van der Waals surface area contributed by atoms with Gasteiger partial charge in [-0.2, -0.15) is 0 Å². The summed E-state index contributed by atoms with van der Waals surface area (Å²) < 4.78 is 22.1. The Morgan fingerprint density at radius 3 is 2.67 bits per heavy atom. The lowest BCUT2D eigenvalue weighted by Crippen LogP contribution is -2.32. The van der Waals surface area contributed by atoms with Crippen LogP contribution in [-0.2, 0) is 11.2 Å². The van der Waals surface area contributed by atoms with Crippen molar-refractivity contribution >= 4 is 5.91 Å². The van der Waals surface area contributed by atoms with Gasteiger partial charge in [-0.05, 0) is 42.7 Å². The summed E-state index contributed by atoms with van der Waals surface area (Å²) in [5.41, 5.74) is 1.08. The largest absolute Gasteiger partial charge is 0.493 e. The predicted octanol–water partition coefficient (Wildman–Crippen LogP) is 2.98. The SMILES string of the molecule is COc1ccc(CCNC(=O)CC[C@@H]2COc3ccccc3O2)cc1OC. The third kappa shape index (κ3) is 5.06. The number of fused-ring (bicyclic) bond motifs is 1. The molecule has 0 radical (unpaired) electrons. The van der Waals surface area contributed by atoms with Gasteiger partial charge in [0.25, 0.3) is 0 Å². The van der Waals surface area contributed by atoms with Crippen molar-refractivity contribution in [3.05, 3.63) is 48.0 Å². The van der Waals surface area contributed by atoms with E-state index in [1.165, 1.54) is 0 Å². The van der Waals surface area contributed by atoms with Crippen LogP contribution in [0, 0.1) is 0 Å². The van der Waals surface area contributed by atoms with Crippen molar-refractivity contribution in [1.29, 1.82) is 0 Å². The van der Waals surface area contributed by atoms with E-state index < -0.39 is 0 Å². The Morgan fingerprint density at radius 1 is 1.11 bits per heavy atom. The summed E-state index contributed by atoms with van der Waals surface area (Å²) in [5, 5.41) is 2.95. The number of benzene rings is 2. The van der Waals surface area contributed by atoms with Crippen LogP contribution in [0.15, 0.2) is 42.5 Å². The van der Waals surface area contributed by atoms with Gasteiger partial charge < -0.3 is 24.3 Å². The molecule has 0 unspecified atom stereocenters. The fourth-order valence-electron chi connectivity index (χ4n) is 2.97. The Bertz CT molecular complexity index is 777. The first-order chi connectivity index (χ1) is 13.2. The summed E-state index contributed by atoms with van der Waals surface area (Å²) in [6, 6.07) is 13.3. The molecule has 1 aliphatic heterocycles. The van der Waals surface area contributed by atoms with Crippen molar-refractivity contribution in [3.63, 3.8) is 0 Å². The first kappa shape index (κ1) is 18.9. The molecule has 1 N–H and O–H groups in total. The zero-order valence-corrected chi connectivity index (χ0v) is 15.7. The molecule has 1 heterocycles. The van der Waals surface area contributed by atoms with Gasteiger partial charge in [0.15, 0.2) is 23.0 Å². The quantitative estimate of drug-likeness (QED) is 0.773. The molecular formula is C21H25NO5. The Morgan fingerprint density at radius 2 is 1.89 bits per heavy atom. The number of hydrogen-bond donors (Lipinski definition) is 1. The highest BCUT2D eigenvalue weighted by Gasteiger charge is 2.21. The van der Waals surface area contributed by atoms with Crippen molar-refractivity contribution in [1.82, 2.24) is 5.32 Å². The van der Waals surface area contributed by atoms with Crippen LogP contribution in [0.2, 0.25) is 0 Å². The lowest BCUT2D eigenvalue weighted by Gasteiger charge is -2.26. The summed E-state index contributed by atoms with van der Waals surface area (Å²) in [5.74, 6) is 2.89. The number of para-hydroxylation sites is 2. The van der Waals surface area contributed by atoms with Gasteiger partial charge >= 0.3 is 0 Å². The van der Waals surface area contributed by atoms with Crippen LogP contribution in [-0.4, -0.2) is 39.4 Å². The van der Waals surface area contributed by atoms with Crippen LogP contribution in [0.3, 0.4) is 0 Å². The van der Waals surface area contributed by atoms with Gasteiger partial charge in [-0.1, -0.05) is 18.2 Å². The third-order valence-corrected chi connectivity index (χ3v) is 4.44. The van der Waals surface area contributed by atoms with E-state index in [4.69, 9.17) is 18.9 Å². The zero-order chi connectivity index (χ0) is 19.1. The molecule has 6 nitrogen and oxygen atoms in total. The second-order valence-electron chi connectivity index (χ2n) is 6.33. The van der Waals surface area contributed by atoms with E-state index in [9.17, 15) is 4.79 Å². The summed E-state index contributed by atoms with van der Waals surface area (Å²) in [6.45, 7) is 1.04. The van der Waals surface area contributed by atoms with Crippen molar-refractivity contribution in [2.75, 3.05) is 27.4 Å². The van der Waals surface area contributed by atoms with E-state index in [-0.39, 0.29) is 12.0 Å². The summed E-state index contributed by atoms with van der Waals surface area (Å²) in [6.07, 6.45) is 1.65. The maximum absolute atomic E-state index is 12.1. The highest BCUT2D eigenvalue weighted by Crippen LogP contribution is 2.31. The van der Waals surface area contributed by atoms with E-state index >= 15 is 0 Å². The molecule has 0 saturated carbocycles. The molecule has 144 valence electrons. The molecule has 0 spiro atoms. The van der Waals surface area contributed by atoms with Gasteiger partial charge in [0.1, 0.15) is 12.7 Å². The first-order valence-electron chi connectivity index (χ1n) is 9.05. The molecule has 0 aliphatic carbocycles. The number of carbonyl (C=O) groups excluding carboxylic acids is 1. The molecule has 1 aliphatic rings. The Hall–Kier alpha value is -2.89. The molecule has 0 aromatic heterocycles. The predicted molar refractivity (Wildman–Crippen MR) is 102 cm³/mol. The molecular weight excluding hydrogens is 346 g/mol. The van der Waals surface area contributed by atoms with Crippen molar-refractivity contribution in [2.24, 2.45) is 0 Å². The van der Waals surface area contributed by atoms with Crippen LogP contribution >= 0.6 is 0 Å². The van der Waals surface area contributed by atoms with Gasteiger partial charge in [0, 0.05) is 13.0 Å². The summed E-state index contributed by atoms with van der Waals surface area (Å²) >= 11 is 0. The van der Waals surface area contributed by atoms with Crippen LogP contribution < -0.4 is 24.3 Å². The number of hydrogen-bond acceptors (Lipinski definition) is 5. The molecule has 2 aromatic rings. The normalized spacial score (nSPS) is 15.1. The highest BCUT2D eigenvalue weighted by molar-refractivity contribution is 5.75. The molecule has 1 amide bonds. The summed E-state index contributed by atoms with van der Waals surface area (Å²) in [4.78, 5) is 12.1. The average Bonchev–Trinajstić information content (AvgIpc) is 2.72. The lowest BCUT2D eigenvalue weighted by atomic mass is 10.1. The molecule has 2 aromatic carbocycles. The monoisotopic (exact) mass is 371 g/mol.